The summed E-state index contributed by atoms with van der Waals surface area (Å²) in [6, 6.07) is 16.8. The Labute approximate surface area is 123 Å². The van der Waals surface area contributed by atoms with Crippen LogP contribution >= 0.6 is 0 Å². The van der Waals surface area contributed by atoms with E-state index < -0.39 is 0 Å². The van der Waals surface area contributed by atoms with E-state index in [0.29, 0.717) is 0 Å². The van der Waals surface area contributed by atoms with Crippen LogP contribution in [0.2, 0.25) is 0 Å². The second-order valence-electron chi connectivity index (χ2n) is 5.44. The Morgan fingerprint density at radius 3 is 2.67 bits per heavy atom. The third kappa shape index (κ3) is 1.42. The topological polar surface area (TPSA) is 12.5 Å². The first kappa shape index (κ1) is 11.0. The van der Waals surface area contributed by atoms with Gasteiger partial charge in [-0.3, -0.25) is 0 Å². The fourth-order valence-corrected chi connectivity index (χ4v) is 3.30. The fraction of sp³-hybridized carbons (Fsp3) is 0.0526. The first-order valence-electron chi connectivity index (χ1n) is 7.19. The number of hydrogen-bond donors (Lipinski definition) is 0. The summed E-state index contributed by atoms with van der Waals surface area (Å²) >= 11 is 0. The summed E-state index contributed by atoms with van der Waals surface area (Å²) in [4.78, 5) is 2.34. The van der Waals surface area contributed by atoms with Crippen molar-refractivity contribution in [2.75, 3.05) is 4.90 Å². The van der Waals surface area contributed by atoms with Gasteiger partial charge in [0.25, 0.3) is 0 Å². The molecule has 5 rings (SSSR count). The highest BCUT2D eigenvalue weighted by atomic mass is 16.5. The highest BCUT2D eigenvalue weighted by Crippen LogP contribution is 2.50. The Morgan fingerprint density at radius 1 is 0.905 bits per heavy atom. The number of anilines is 2. The molecule has 0 spiro atoms. The lowest BCUT2D eigenvalue weighted by Gasteiger charge is -2.39. The molecule has 21 heavy (non-hydrogen) atoms. The Hall–Kier alpha value is -2.74. The Kier molecular flexibility index (Phi) is 2.03. The summed E-state index contributed by atoms with van der Waals surface area (Å²) < 4.78 is 6.13. The molecule has 2 heteroatoms. The van der Waals surface area contributed by atoms with Crippen LogP contribution in [0.25, 0.3) is 6.08 Å². The lowest BCUT2D eigenvalue weighted by atomic mass is 9.92. The van der Waals surface area contributed by atoms with E-state index in [1.165, 1.54) is 22.5 Å². The first-order valence-corrected chi connectivity index (χ1v) is 7.19. The van der Waals surface area contributed by atoms with Gasteiger partial charge in [0, 0.05) is 12.0 Å². The van der Waals surface area contributed by atoms with Crippen molar-refractivity contribution < 1.29 is 4.74 Å². The number of allylic oxidation sites excluding steroid dienone is 2. The second-order valence-corrected chi connectivity index (χ2v) is 5.44. The van der Waals surface area contributed by atoms with Crippen LogP contribution in [-0.4, -0.2) is 0 Å². The number of benzene rings is 2. The number of fused-ring (bicyclic) bond motifs is 4. The molecule has 0 aromatic heterocycles. The highest BCUT2D eigenvalue weighted by Gasteiger charge is 2.33. The smallest absolute Gasteiger partial charge is 0.151 e. The van der Waals surface area contributed by atoms with Crippen molar-refractivity contribution >= 4 is 17.5 Å². The number of nitrogens with zero attached hydrogens (tertiary/aromatic N) is 1. The maximum atomic E-state index is 6.13. The average molecular weight is 271 g/mol. The Balaban J connectivity index is 1.87. The van der Waals surface area contributed by atoms with Crippen molar-refractivity contribution in [2.45, 2.75) is 6.42 Å². The Morgan fingerprint density at radius 2 is 1.71 bits per heavy atom. The molecule has 3 aliphatic rings. The van der Waals surface area contributed by atoms with Gasteiger partial charge in [0.05, 0.1) is 17.1 Å². The van der Waals surface area contributed by atoms with Gasteiger partial charge in [-0.1, -0.05) is 42.5 Å². The zero-order chi connectivity index (χ0) is 13.8. The maximum absolute atomic E-state index is 6.13. The SMILES string of the molecule is C1=CC2=Cc3ccccc3N3C2=C(C1)Oc1ccccc13. The van der Waals surface area contributed by atoms with Crippen molar-refractivity contribution in [3.8, 4) is 5.75 Å². The highest BCUT2D eigenvalue weighted by molar-refractivity contribution is 5.90. The molecule has 0 saturated carbocycles. The Bertz CT molecular complexity index is 857. The predicted molar refractivity (Wildman–Crippen MR) is 84.4 cm³/mol. The van der Waals surface area contributed by atoms with E-state index in [1.54, 1.807) is 0 Å². The lowest BCUT2D eigenvalue weighted by molar-refractivity contribution is 0.399. The van der Waals surface area contributed by atoms with E-state index in [1.807, 2.05) is 12.1 Å². The molecule has 2 nitrogen and oxygen atoms in total. The van der Waals surface area contributed by atoms with Crippen LogP contribution in [0.15, 0.2) is 77.7 Å². The maximum Gasteiger partial charge on any atom is 0.151 e. The molecule has 0 fully saturated rings. The summed E-state index contributed by atoms with van der Waals surface area (Å²) in [5, 5.41) is 0. The molecule has 2 heterocycles. The summed E-state index contributed by atoms with van der Waals surface area (Å²) in [5.41, 5.74) is 6.00. The number of rotatable bonds is 0. The van der Waals surface area contributed by atoms with E-state index in [-0.39, 0.29) is 0 Å². The summed E-state index contributed by atoms with van der Waals surface area (Å²) in [5.74, 6) is 1.97. The fourth-order valence-electron chi connectivity index (χ4n) is 3.30. The van der Waals surface area contributed by atoms with Gasteiger partial charge in [-0.05, 0) is 29.8 Å². The summed E-state index contributed by atoms with van der Waals surface area (Å²) in [6.07, 6.45) is 7.46. The molecule has 0 bridgehead atoms. The number of ether oxygens (including phenoxy) is 1. The van der Waals surface area contributed by atoms with Gasteiger partial charge in [-0.15, -0.1) is 0 Å². The van der Waals surface area contributed by atoms with Crippen LogP contribution in [-0.2, 0) is 0 Å². The molecule has 0 atom stereocenters. The van der Waals surface area contributed by atoms with Crippen LogP contribution in [0.5, 0.6) is 5.75 Å². The molecule has 0 N–H and O–H groups in total. The van der Waals surface area contributed by atoms with E-state index in [0.717, 1.165) is 23.6 Å². The van der Waals surface area contributed by atoms with E-state index in [4.69, 9.17) is 4.74 Å². The van der Waals surface area contributed by atoms with Crippen molar-refractivity contribution in [1.82, 2.24) is 0 Å². The predicted octanol–water partition coefficient (Wildman–Crippen LogP) is 4.79. The zero-order valence-corrected chi connectivity index (χ0v) is 11.4. The van der Waals surface area contributed by atoms with Gasteiger partial charge < -0.3 is 9.64 Å². The normalized spacial score (nSPS) is 17.5. The van der Waals surface area contributed by atoms with Gasteiger partial charge in [-0.25, -0.2) is 0 Å². The molecule has 2 aliphatic heterocycles. The van der Waals surface area contributed by atoms with Gasteiger partial charge >= 0.3 is 0 Å². The molecule has 100 valence electrons. The van der Waals surface area contributed by atoms with E-state index >= 15 is 0 Å². The van der Waals surface area contributed by atoms with Crippen molar-refractivity contribution in [2.24, 2.45) is 0 Å². The molecule has 0 amide bonds. The monoisotopic (exact) mass is 271 g/mol. The molecule has 0 radical (unpaired) electrons. The van der Waals surface area contributed by atoms with Crippen LogP contribution < -0.4 is 9.64 Å². The molecule has 2 aromatic carbocycles. The van der Waals surface area contributed by atoms with Gasteiger partial charge in [0.15, 0.2) is 5.75 Å². The van der Waals surface area contributed by atoms with Crippen molar-refractivity contribution in [1.29, 1.82) is 0 Å². The molecule has 2 aromatic rings. The minimum Gasteiger partial charge on any atom is -0.457 e. The van der Waals surface area contributed by atoms with Crippen LogP contribution in [0.4, 0.5) is 11.4 Å². The molecular weight excluding hydrogens is 258 g/mol. The molecule has 0 unspecified atom stereocenters. The van der Waals surface area contributed by atoms with Crippen molar-refractivity contribution in [3.63, 3.8) is 0 Å². The zero-order valence-electron chi connectivity index (χ0n) is 11.4. The molecule has 1 aliphatic carbocycles. The third-order valence-electron chi connectivity index (χ3n) is 4.19. The summed E-state index contributed by atoms with van der Waals surface area (Å²) in [7, 11) is 0. The van der Waals surface area contributed by atoms with Crippen LogP contribution in [0.3, 0.4) is 0 Å². The van der Waals surface area contributed by atoms with Gasteiger partial charge in [-0.2, -0.15) is 0 Å². The van der Waals surface area contributed by atoms with Gasteiger partial charge in [0.1, 0.15) is 5.76 Å². The first-order chi connectivity index (χ1) is 10.4. The molecule has 0 saturated heterocycles. The molecular formula is C19H13NO. The van der Waals surface area contributed by atoms with E-state index in [9.17, 15) is 0 Å². The largest absolute Gasteiger partial charge is 0.457 e. The number of hydrogen-bond acceptors (Lipinski definition) is 2. The third-order valence-corrected chi connectivity index (χ3v) is 4.19. The minimum absolute atomic E-state index is 0.847. The van der Waals surface area contributed by atoms with Crippen molar-refractivity contribution in [3.05, 3.63) is 83.3 Å². The average Bonchev–Trinajstić information content (AvgIpc) is 2.54. The minimum atomic E-state index is 0.847. The van der Waals surface area contributed by atoms with Crippen LogP contribution in [0.1, 0.15) is 12.0 Å². The standard InChI is InChI=1S/C19H13NO/c1-2-8-15-13(6-1)12-14-7-5-11-18-19(14)20(15)16-9-3-4-10-17(16)21-18/h1-10,12H,11H2. The second kappa shape index (κ2) is 3.89. The van der Waals surface area contributed by atoms with Crippen LogP contribution in [0, 0.1) is 0 Å². The summed E-state index contributed by atoms with van der Waals surface area (Å²) in [6.45, 7) is 0. The van der Waals surface area contributed by atoms with E-state index in [2.05, 4.69) is 59.5 Å². The van der Waals surface area contributed by atoms with Gasteiger partial charge in [0.2, 0.25) is 0 Å². The lowest BCUT2D eigenvalue weighted by Crippen LogP contribution is -2.29. The number of para-hydroxylation sites is 3. The quantitative estimate of drug-likeness (QED) is 0.683.